The van der Waals surface area contributed by atoms with Crippen LogP contribution in [0.15, 0.2) is 59.1 Å². The Labute approximate surface area is 653 Å². The number of carboxylic acids is 1. The van der Waals surface area contributed by atoms with Gasteiger partial charge >= 0.3 is 18.0 Å². The van der Waals surface area contributed by atoms with Gasteiger partial charge in [-0.1, -0.05) is 91.8 Å². The van der Waals surface area contributed by atoms with Crippen LogP contribution in [0.1, 0.15) is 167 Å². The average Bonchev–Trinajstić information content (AvgIpc) is 1.56. The first-order valence-corrected chi connectivity index (χ1v) is 39.8. The zero-order valence-corrected chi connectivity index (χ0v) is 68.3. The van der Waals surface area contributed by atoms with E-state index in [1.165, 1.54) is 31.1 Å². The number of nitrogens with one attached hydrogen (secondary N) is 4. The predicted octanol–water partition coefficient (Wildman–Crippen LogP) is 4.32. The fourth-order valence-corrected chi connectivity index (χ4v) is 19.5. The highest BCUT2D eigenvalue weighted by atomic mass is 19.1. The van der Waals surface area contributed by atoms with Gasteiger partial charge < -0.3 is 90.1 Å². The summed E-state index contributed by atoms with van der Waals surface area (Å²) < 4.78 is 54.7. The van der Waals surface area contributed by atoms with E-state index in [4.69, 9.17) is 28.4 Å². The number of imide groups is 1. The first-order chi connectivity index (χ1) is 51.8. The fourth-order valence-electron chi connectivity index (χ4n) is 19.5. The third-order valence-corrected chi connectivity index (χ3v) is 25.7. The summed E-state index contributed by atoms with van der Waals surface area (Å²) in [7, 11) is 5.13. The Morgan fingerprint density at radius 2 is 1.54 bits per heavy atom. The van der Waals surface area contributed by atoms with E-state index in [-0.39, 0.29) is 95.2 Å². The van der Waals surface area contributed by atoms with Crippen LogP contribution in [-0.4, -0.2) is 278 Å². The summed E-state index contributed by atoms with van der Waals surface area (Å²) in [5.41, 5.74) is -8.78. The highest BCUT2D eigenvalue weighted by Crippen LogP contribution is 2.68. The lowest BCUT2D eigenvalue weighted by molar-refractivity contribution is -0.318. The number of esters is 1. The van der Waals surface area contributed by atoms with Crippen molar-refractivity contribution >= 4 is 47.4 Å². The molecule has 5 amide bonds. The minimum Gasteiger partial charge on any atom is -0.480 e. The summed E-state index contributed by atoms with van der Waals surface area (Å²) in [4.78, 5) is 107. The van der Waals surface area contributed by atoms with Gasteiger partial charge in [0.1, 0.15) is 48.8 Å². The summed E-state index contributed by atoms with van der Waals surface area (Å²) in [6, 6.07) is 4.87. The number of carboxylic acid groups (broad SMARTS) is 1. The Morgan fingerprint density at radius 3 is 2.17 bits per heavy atom. The van der Waals surface area contributed by atoms with E-state index in [9.17, 15) is 69.6 Å². The van der Waals surface area contributed by atoms with Gasteiger partial charge in [-0.2, -0.15) is 0 Å². The van der Waals surface area contributed by atoms with Crippen molar-refractivity contribution in [3.63, 3.8) is 0 Å². The number of rotatable bonds is 23. The molecule has 7 aliphatic rings. The number of likely N-dealkylation sites (N-methyl/N-ethyl adjacent to an activating group) is 1. The van der Waals surface area contributed by atoms with Crippen LogP contribution in [0, 0.1) is 58.2 Å². The maximum atomic E-state index is 16.2. The number of guanidine groups is 1. The van der Waals surface area contributed by atoms with Crippen LogP contribution in [0.3, 0.4) is 0 Å². The summed E-state index contributed by atoms with van der Waals surface area (Å²) in [6.07, 6.45) is -8.41. The molecule has 0 bridgehead atoms. The quantitative estimate of drug-likeness (QED) is 0.0314. The van der Waals surface area contributed by atoms with Gasteiger partial charge in [-0.3, -0.25) is 43.9 Å². The third-order valence-electron chi connectivity index (χ3n) is 25.7. The second kappa shape index (κ2) is 36.9. The van der Waals surface area contributed by atoms with Gasteiger partial charge in [0.05, 0.1) is 54.2 Å². The van der Waals surface area contributed by atoms with Gasteiger partial charge in [-0.25, -0.2) is 14.2 Å². The lowest BCUT2D eigenvalue weighted by atomic mass is 9.46. The van der Waals surface area contributed by atoms with E-state index < -0.39 is 215 Å². The number of aliphatic hydroxyl groups excluding tert-OH is 4. The number of halogens is 1. The Kier molecular flexibility index (Phi) is 30.1. The number of hydrogen-bond acceptors (Lipinski definition) is 23. The normalized spacial score (nSPS) is 40.2. The largest absolute Gasteiger partial charge is 0.480 e. The van der Waals surface area contributed by atoms with Gasteiger partial charge in [-0.05, 0) is 167 Å². The van der Waals surface area contributed by atoms with E-state index in [2.05, 4.69) is 26.3 Å². The van der Waals surface area contributed by atoms with Crippen molar-refractivity contribution in [2.24, 2.45) is 63.2 Å². The molecule has 0 spiro atoms. The molecule has 3 saturated carbocycles. The molecule has 111 heavy (non-hydrogen) atoms. The Balaban J connectivity index is 1.02. The zero-order chi connectivity index (χ0) is 82.5. The van der Waals surface area contributed by atoms with Gasteiger partial charge in [0.2, 0.25) is 11.9 Å². The number of carbonyl (C=O) groups excluding carboxylic acids is 6. The van der Waals surface area contributed by atoms with Crippen molar-refractivity contribution in [2.75, 3.05) is 60.5 Å². The van der Waals surface area contributed by atoms with E-state index >= 15 is 9.18 Å². The van der Waals surface area contributed by atoms with Crippen LogP contribution in [0.2, 0.25) is 0 Å². The molecule has 12 N–H and O–H groups in total. The smallest absolute Gasteiger partial charge is 0.325 e. The SMILES string of the molecule is CCC1OC(=O)C(C)C(OC2CC(C)(OC)C(O)C(C)O2)C(C)C(OC2OC(C)CC(N(C)C)C2O)C(C)(O)CC(C)CN(CCCNC(=NCC(=O)O)N(CCC(C)C)C(=O)C(Cc2ccccc2)NC(=O)CNC(=O)NC(=O)[C@@]2(O)[C@H](C)CC3C4C[C@H](F)C5=CC(=O)C=C[C@]5(C)C4C(O)C[C@@]32C)C(C)C(O)C1(C)O. The number of aliphatic hydroxyl groups is 7. The molecule has 1 aromatic carbocycles. The van der Waals surface area contributed by atoms with Crippen LogP contribution < -0.4 is 21.3 Å². The van der Waals surface area contributed by atoms with Crippen molar-refractivity contribution in [1.82, 2.24) is 36.0 Å². The maximum absolute atomic E-state index is 16.2. The third kappa shape index (κ3) is 19.9. The predicted molar refractivity (Wildman–Crippen MR) is 408 cm³/mol. The number of urea groups is 1. The summed E-state index contributed by atoms with van der Waals surface area (Å²) in [5, 5.41) is 107. The topological polar surface area (TPSA) is 407 Å². The molecular formula is C81H129FN8O21. The number of amides is 5. The summed E-state index contributed by atoms with van der Waals surface area (Å²) in [5.74, 6) is -10.2. The fraction of sp³-hybridized carbons (Fsp3) is 0.778. The first-order valence-electron chi connectivity index (χ1n) is 39.8. The van der Waals surface area contributed by atoms with Gasteiger partial charge in [-0.15, -0.1) is 0 Å². The van der Waals surface area contributed by atoms with Crippen LogP contribution in [0.25, 0.3) is 0 Å². The highest BCUT2D eigenvalue weighted by molar-refractivity contribution is 6.03. The molecular weight excluding hydrogens is 1440 g/mol. The average molecular weight is 1570 g/mol. The van der Waals surface area contributed by atoms with Crippen LogP contribution >= 0.6 is 0 Å². The minimum atomic E-state index is -2.25. The monoisotopic (exact) mass is 1570 g/mol. The molecule has 0 radical (unpaired) electrons. The molecule has 8 rings (SSSR count). The molecule has 3 aliphatic heterocycles. The number of benzene rings is 1. The number of nitrogens with zero attached hydrogens (tertiary/aromatic N) is 4. The molecule has 0 aromatic heterocycles. The Bertz CT molecular complexity index is 3500. The second-order valence-corrected chi connectivity index (χ2v) is 34.9. The Morgan fingerprint density at radius 1 is 0.865 bits per heavy atom. The number of ether oxygens (including phenoxy) is 6. The van der Waals surface area contributed by atoms with Crippen LogP contribution in [-0.2, 0) is 63.6 Å². The van der Waals surface area contributed by atoms with E-state index in [1.54, 1.807) is 106 Å². The minimum absolute atomic E-state index is 0.00627. The van der Waals surface area contributed by atoms with Crippen molar-refractivity contribution in [2.45, 2.75) is 282 Å². The lowest BCUT2D eigenvalue weighted by Gasteiger charge is -2.60. The van der Waals surface area contributed by atoms with E-state index in [1.807, 2.05) is 51.6 Å². The van der Waals surface area contributed by atoms with Gasteiger partial charge in [0.15, 0.2) is 24.0 Å². The molecule has 3 saturated heterocycles. The molecule has 28 atom stereocenters. The number of fused-ring (bicyclic) bond motifs is 5. The number of carbonyl (C=O) groups is 7. The lowest BCUT2D eigenvalue weighted by Crippen LogP contribution is -2.65. The highest BCUT2D eigenvalue weighted by Gasteiger charge is 2.72. The Hall–Kier alpha value is -5.97. The summed E-state index contributed by atoms with van der Waals surface area (Å²) in [6.45, 7) is 24.6. The van der Waals surface area contributed by atoms with Crippen molar-refractivity contribution in [3.05, 3.63) is 59.7 Å². The van der Waals surface area contributed by atoms with Crippen molar-refractivity contribution in [1.29, 1.82) is 0 Å². The molecule has 6 fully saturated rings. The number of aliphatic imine (C=N–C) groups is 1. The van der Waals surface area contributed by atoms with E-state index in [0.29, 0.717) is 24.0 Å². The molecule has 30 heteroatoms. The van der Waals surface area contributed by atoms with Gasteiger partial charge in [0, 0.05) is 80.9 Å². The summed E-state index contributed by atoms with van der Waals surface area (Å²) >= 11 is 0. The number of aliphatic carboxylic acids is 1. The standard InChI is InChI=1S/C81H129FN8O21/c1-19-60-80(15,104)67(97)49(9)89(42-44(4)37-78(13,103)69(111-72-65(96)58(88(16)17)33-46(6)107-72)47(7)66(48(8)71(100)109-60)110-63-39-79(14,106-18)68(98)50(10)108-63)30-23-29-83-74(84-41-62(94)95)90(31-27-43(2)3)70(99)57(34-51-24-21-20-22-25-51)86-61(93)40-85-75(102)87-73(101)81(105)45(5)32-54-53-36-56(82)55-35-52(91)26-28-76(55,11)64(53)59(92)38-77(54,81)12/h20-22,24-26,28,35,43-50,53-54,56-60,63-69,72,92,96-98,103-105H,19,23,27,29-34,36-42H2,1-18H3,(H,83,84)(H,86,93)(H,94,95)(H2,85,87,101,102)/t44?,45-,46?,47?,48?,49?,50?,53?,54?,56+,57?,58?,59?,60?,63?,64?,65?,66?,67?,68?,69?,72?,76+,77+,78?,79?,80?,81+/m1/s1. The molecule has 29 nitrogen and oxygen atoms in total. The number of hydrogen-bond donors (Lipinski definition) is 12. The number of methoxy groups -OCH3 is 1. The molecule has 4 aliphatic carbocycles. The van der Waals surface area contributed by atoms with E-state index in [0.717, 1.165) is 0 Å². The molecule has 1 aromatic rings. The molecule has 23 unspecified atom stereocenters. The van der Waals surface area contributed by atoms with Crippen LogP contribution in [0.5, 0.6) is 0 Å². The maximum Gasteiger partial charge on any atom is 0.325 e. The number of allylic oxidation sites excluding steroid dienone is 4. The number of cyclic esters (lactones) is 1. The second-order valence-electron chi connectivity index (χ2n) is 34.9. The number of ketones is 1. The van der Waals surface area contributed by atoms with Crippen molar-refractivity contribution < 1.29 is 107 Å². The zero-order valence-electron chi connectivity index (χ0n) is 68.3. The molecule has 3 heterocycles. The van der Waals surface area contributed by atoms with Crippen LogP contribution in [0.4, 0.5) is 9.18 Å². The molecule has 626 valence electrons. The van der Waals surface area contributed by atoms with Gasteiger partial charge in [0.25, 0.3) is 11.8 Å². The number of alkyl halides is 1. The van der Waals surface area contributed by atoms with Crippen molar-refractivity contribution in [3.8, 4) is 0 Å². The first kappa shape index (κ1) is 90.6.